The first-order chi connectivity index (χ1) is 9.36. The van der Waals surface area contributed by atoms with Crippen LogP contribution in [0.2, 0.25) is 0 Å². The maximum atomic E-state index is 3.53. The second-order valence-electron chi connectivity index (χ2n) is 5.52. The van der Waals surface area contributed by atoms with Crippen LogP contribution in [0.15, 0.2) is 54.6 Å². The lowest BCUT2D eigenvalue weighted by molar-refractivity contribution is 0.383. The molecule has 2 aromatic rings. The molecule has 0 aliphatic heterocycles. The molecule has 0 aromatic heterocycles. The van der Waals surface area contributed by atoms with E-state index in [-0.39, 0.29) is 0 Å². The molecule has 0 amide bonds. The van der Waals surface area contributed by atoms with E-state index in [2.05, 4.69) is 67.0 Å². The lowest BCUT2D eigenvalue weighted by Crippen LogP contribution is -2.36. The summed E-state index contributed by atoms with van der Waals surface area (Å²) >= 11 is 0. The summed E-state index contributed by atoms with van der Waals surface area (Å²) in [4.78, 5) is 0. The standard InChI is InChI=1S/C18H21N/c1-19-18(11-14-7-3-2-4-8-14)17-12-15-9-5-6-10-16(15)13-17/h2-10,17-19H,11-13H2,1H3. The zero-order valence-electron chi connectivity index (χ0n) is 11.5. The van der Waals surface area contributed by atoms with Gasteiger partial charge < -0.3 is 5.32 Å². The van der Waals surface area contributed by atoms with E-state index in [9.17, 15) is 0 Å². The minimum atomic E-state index is 0.565. The molecule has 1 atom stereocenters. The van der Waals surface area contributed by atoms with Crippen molar-refractivity contribution in [1.29, 1.82) is 0 Å². The second-order valence-corrected chi connectivity index (χ2v) is 5.52. The van der Waals surface area contributed by atoms with Crippen molar-refractivity contribution >= 4 is 0 Å². The van der Waals surface area contributed by atoms with E-state index in [0.29, 0.717) is 6.04 Å². The first-order valence-electron chi connectivity index (χ1n) is 7.15. The molecule has 2 aromatic carbocycles. The van der Waals surface area contributed by atoms with Crippen LogP contribution in [0, 0.1) is 5.92 Å². The molecule has 98 valence electrons. The van der Waals surface area contributed by atoms with Gasteiger partial charge in [-0.1, -0.05) is 54.6 Å². The summed E-state index contributed by atoms with van der Waals surface area (Å²) in [6.07, 6.45) is 3.55. The van der Waals surface area contributed by atoms with E-state index in [1.54, 1.807) is 11.1 Å². The molecule has 0 bridgehead atoms. The molecule has 1 N–H and O–H groups in total. The molecule has 1 heteroatoms. The molecule has 1 aliphatic carbocycles. The van der Waals surface area contributed by atoms with Gasteiger partial charge in [-0.25, -0.2) is 0 Å². The number of nitrogens with one attached hydrogen (secondary N) is 1. The second kappa shape index (κ2) is 5.58. The Kier molecular flexibility index (Phi) is 3.65. The van der Waals surface area contributed by atoms with Crippen LogP contribution >= 0.6 is 0 Å². The molecule has 1 nitrogen and oxygen atoms in total. The molecule has 19 heavy (non-hydrogen) atoms. The van der Waals surface area contributed by atoms with E-state index in [1.807, 2.05) is 0 Å². The Bertz CT molecular complexity index is 507. The summed E-state index contributed by atoms with van der Waals surface area (Å²) in [7, 11) is 2.09. The molecule has 0 saturated heterocycles. The largest absolute Gasteiger partial charge is 0.316 e. The number of benzene rings is 2. The Hall–Kier alpha value is -1.60. The Balaban J connectivity index is 1.71. The molecule has 1 aliphatic rings. The van der Waals surface area contributed by atoms with Crippen LogP contribution in [0.25, 0.3) is 0 Å². The Morgan fingerprint density at radius 1 is 0.947 bits per heavy atom. The average molecular weight is 251 g/mol. The van der Waals surface area contributed by atoms with Gasteiger partial charge in [-0.15, -0.1) is 0 Å². The topological polar surface area (TPSA) is 12.0 Å². The summed E-state index contributed by atoms with van der Waals surface area (Å²) < 4.78 is 0. The summed E-state index contributed by atoms with van der Waals surface area (Å²) in [5.74, 6) is 0.725. The first-order valence-corrected chi connectivity index (χ1v) is 7.15. The van der Waals surface area contributed by atoms with Crippen LogP contribution in [0.1, 0.15) is 16.7 Å². The maximum absolute atomic E-state index is 3.53. The molecule has 0 saturated carbocycles. The van der Waals surface area contributed by atoms with Gasteiger partial charge in [0.05, 0.1) is 0 Å². The quantitative estimate of drug-likeness (QED) is 0.879. The fourth-order valence-electron chi connectivity index (χ4n) is 3.25. The molecule has 0 spiro atoms. The Morgan fingerprint density at radius 2 is 1.53 bits per heavy atom. The third-order valence-corrected chi connectivity index (χ3v) is 4.32. The Morgan fingerprint density at radius 3 is 2.11 bits per heavy atom. The van der Waals surface area contributed by atoms with Crippen LogP contribution in [-0.4, -0.2) is 13.1 Å². The van der Waals surface area contributed by atoms with Gasteiger partial charge in [0, 0.05) is 6.04 Å². The zero-order chi connectivity index (χ0) is 13.1. The smallest absolute Gasteiger partial charge is 0.0139 e. The summed E-state index contributed by atoms with van der Waals surface area (Å²) in [6.45, 7) is 0. The van der Waals surface area contributed by atoms with Crippen LogP contribution in [-0.2, 0) is 19.3 Å². The van der Waals surface area contributed by atoms with E-state index < -0.39 is 0 Å². The fraction of sp³-hybridized carbons (Fsp3) is 0.333. The lowest BCUT2D eigenvalue weighted by Gasteiger charge is -2.23. The van der Waals surface area contributed by atoms with Crippen LogP contribution in [0.5, 0.6) is 0 Å². The highest BCUT2D eigenvalue weighted by Gasteiger charge is 2.27. The van der Waals surface area contributed by atoms with Gasteiger partial charge in [-0.3, -0.25) is 0 Å². The SMILES string of the molecule is CNC(Cc1ccccc1)C1Cc2ccccc2C1. The minimum Gasteiger partial charge on any atom is -0.316 e. The van der Waals surface area contributed by atoms with E-state index in [4.69, 9.17) is 0 Å². The number of fused-ring (bicyclic) bond motifs is 1. The fourth-order valence-corrected chi connectivity index (χ4v) is 3.25. The lowest BCUT2D eigenvalue weighted by atomic mass is 9.91. The van der Waals surface area contributed by atoms with Gasteiger partial charge in [0.1, 0.15) is 0 Å². The van der Waals surface area contributed by atoms with Crippen molar-refractivity contribution < 1.29 is 0 Å². The van der Waals surface area contributed by atoms with E-state index >= 15 is 0 Å². The third kappa shape index (κ3) is 2.71. The van der Waals surface area contributed by atoms with Crippen molar-refractivity contribution in [3.05, 3.63) is 71.3 Å². The van der Waals surface area contributed by atoms with Crippen molar-refractivity contribution in [2.75, 3.05) is 7.05 Å². The van der Waals surface area contributed by atoms with Gasteiger partial charge in [-0.05, 0) is 48.9 Å². The highest BCUT2D eigenvalue weighted by Crippen LogP contribution is 2.29. The number of rotatable bonds is 4. The molecule has 0 radical (unpaired) electrons. The van der Waals surface area contributed by atoms with Gasteiger partial charge in [0.25, 0.3) is 0 Å². The van der Waals surface area contributed by atoms with Crippen LogP contribution in [0.3, 0.4) is 0 Å². The molecular weight excluding hydrogens is 230 g/mol. The summed E-state index contributed by atoms with van der Waals surface area (Å²) in [5, 5.41) is 3.53. The zero-order valence-corrected chi connectivity index (χ0v) is 11.5. The molecule has 3 rings (SSSR count). The normalized spacial score (nSPS) is 16.3. The molecular formula is C18H21N. The van der Waals surface area contributed by atoms with Crippen LogP contribution < -0.4 is 5.32 Å². The van der Waals surface area contributed by atoms with Gasteiger partial charge in [0.2, 0.25) is 0 Å². The van der Waals surface area contributed by atoms with E-state index in [1.165, 1.54) is 18.4 Å². The number of hydrogen-bond donors (Lipinski definition) is 1. The number of hydrogen-bond acceptors (Lipinski definition) is 1. The predicted molar refractivity (Wildman–Crippen MR) is 80.3 cm³/mol. The van der Waals surface area contributed by atoms with Gasteiger partial charge in [0.15, 0.2) is 0 Å². The summed E-state index contributed by atoms with van der Waals surface area (Å²) in [5.41, 5.74) is 4.51. The maximum Gasteiger partial charge on any atom is 0.0139 e. The molecule has 0 fully saturated rings. The van der Waals surface area contributed by atoms with Crippen molar-refractivity contribution in [3.8, 4) is 0 Å². The monoisotopic (exact) mass is 251 g/mol. The summed E-state index contributed by atoms with van der Waals surface area (Å²) in [6, 6.07) is 20.3. The van der Waals surface area contributed by atoms with Crippen molar-refractivity contribution in [2.24, 2.45) is 5.92 Å². The molecule has 1 unspecified atom stereocenters. The van der Waals surface area contributed by atoms with Crippen molar-refractivity contribution in [1.82, 2.24) is 5.32 Å². The van der Waals surface area contributed by atoms with Gasteiger partial charge in [-0.2, -0.15) is 0 Å². The highest BCUT2D eigenvalue weighted by atomic mass is 14.9. The molecule has 0 heterocycles. The Labute approximate surface area is 115 Å². The number of likely N-dealkylation sites (N-methyl/N-ethyl adjacent to an activating group) is 1. The van der Waals surface area contributed by atoms with Gasteiger partial charge >= 0.3 is 0 Å². The first kappa shape index (κ1) is 12.4. The third-order valence-electron chi connectivity index (χ3n) is 4.32. The van der Waals surface area contributed by atoms with Crippen LogP contribution in [0.4, 0.5) is 0 Å². The van der Waals surface area contributed by atoms with Crippen molar-refractivity contribution in [3.63, 3.8) is 0 Å². The minimum absolute atomic E-state index is 0.565. The van der Waals surface area contributed by atoms with E-state index in [0.717, 1.165) is 12.3 Å². The highest BCUT2D eigenvalue weighted by molar-refractivity contribution is 5.33. The average Bonchev–Trinajstić information content (AvgIpc) is 2.89. The predicted octanol–water partition coefficient (Wildman–Crippen LogP) is 3.23. The van der Waals surface area contributed by atoms with Crippen molar-refractivity contribution in [2.45, 2.75) is 25.3 Å².